The van der Waals surface area contributed by atoms with Gasteiger partial charge in [0.2, 0.25) is 0 Å². The summed E-state index contributed by atoms with van der Waals surface area (Å²) in [4.78, 5) is 4.22. The fourth-order valence-corrected chi connectivity index (χ4v) is 1.78. The van der Waals surface area contributed by atoms with Gasteiger partial charge in [0.05, 0.1) is 10.7 Å². The van der Waals surface area contributed by atoms with Crippen molar-refractivity contribution >= 4 is 11.3 Å². The van der Waals surface area contributed by atoms with Crippen molar-refractivity contribution in [3.05, 3.63) is 34.4 Å². The van der Waals surface area contributed by atoms with Gasteiger partial charge in [0.1, 0.15) is 0 Å². The summed E-state index contributed by atoms with van der Waals surface area (Å²) >= 11 is 1.51. The molecule has 1 heterocycles. The fourth-order valence-electron chi connectivity index (χ4n) is 1.16. The Kier molecular flexibility index (Phi) is 2.21. The number of thiazole rings is 1. The van der Waals surface area contributed by atoms with Crippen LogP contribution in [0.15, 0.2) is 23.6 Å². The molecule has 2 nitrogen and oxygen atoms in total. The normalized spacial score (nSPS) is 10.4. The molecule has 0 aliphatic rings. The number of aromatic nitrogens is 1. The second-order valence-electron chi connectivity index (χ2n) is 2.92. The van der Waals surface area contributed by atoms with Crippen molar-refractivity contribution in [3.63, 3.8) is 0 Å². The minimum Gasteiger partial charge on any atom is -0.505 e. The zero-order valence-electron chi connectivity index (χ0n) is 7.49. The van der Waals surface area contributed by atoms with Crippen LogP contribution in [0.4, 0.5) is 4.39 Å². The van der Waals surface area contributed by atoms with E-state index >= 15 is 0 Å². The van der Waals surface area contributed by atoms with E-state index in [2.05, 4.69) is 4.98 Å². The van der Waals surface area contributed by atoms with E-state index in [1.165, 1.54) is 23.5 Å². The van der Waals surface area contributed by atoms with Gasteiger partial charge in [0, 0.05) is 10.9 Å². The average Bonchev–Trinajstić information content (AvgIpc) is 2.57. The molecular weight excluding hydrogens is 201 g/mol. The Hall–Kier alpha value is -1.42. The van der Waals surface area contributed by atoms with E-state index in [-0.39, 0.29) is 5.75 Å². The monoisotopic (exact) mass is 209 g/mol. The van der Waals surface area contributed by atoms with Gasteiger partial charge in [-0.1, -0.05) is 0 Å². The van der Waals surface area contributed by atoms with Crippen LogP contribution in [0.1, 0.15) is 5.01 Å². The molecule has 0 fully saturated rings. The lowest BCUT2D eigenvalue weighted by Crippen LogP contribution is -1.81. The molecule has 0 unspecified atom stereocenters. The molecule has 0 atom stereocenters. The number of phenolic OH excluding ortho intramolecular Hbond substituents is 1. The maximum atomic E-state index is 13.0. The maximum absolute atomic E-state index is 13.0. The third kappa shape index (κ3) is 1.61. The minimum atomic E-state index is -0.617. The number of aryl methyl sites for hydroxylation is 1. The summed E-state index contributed by atoms with van der Waals surface area (Å²) < 4.78 is 13.0. The first kappa shape index (κ1) is 9.15. The Labute approximate surface area is 84.7 Å². The zero-order valence-corrected chi connectivity index (χ0v) is 8.31. The highest BCUT2D eigenvalue weighted by Crippen LogP contribution is 2.25. The molecule has 0 spiro atoms. The van der Waals surface area contributed by atoms with Crippen LogP contribution in [0.5, 0.6) is 5.75 Å². The summed E-state index contributed by atoms with van der Waals surface area (Å²) in [5.41, 5.74) is 1.43. The number of halogens is 1. The number of nitrogens with zero attached hydrogens (tertiary/aromatic N) is 1. The summed E-state index contributed by atoms with van der Waals surface area (Å²) in [6.07, 6.45) is 0. The molecule has 72 valence electrons. The molecule has 4 heteroatoms. The molecule has 0 aliphatic heterocycles. The van der Waals surface area contributed by atoms with Gasteiger partial charge in [0.25, 0.3) is 0 Å². The van der Waals surface area contributed by atoms with Crippen LogP contribution in [-0.2, 0) is 0 Å². The molecule has 0 bridgehead atoms. The van der Waals surface area contributed by atoms with Gasteiger partial charge in [0.15, 0.2) is 11.6 Å². The number of rotatable bonds is 1. The molecule has 0 saturated carbocycles. The van der Waals surface area contributed by atoms with E-state index in [0.717, 1.165) is 10.7 Å². The Morgan fingerprint density at radius 1 is 1.43 bits per heavy atom. The van der Waals surface area contributed by atoms with E-state index in [1.54, 1.807) is 6.07 Å². The van der Waals surface area contributed by atoms with Crippen molar-refractivity contribution in [2.24, 2.45) is 0 Å². The molecule has 1 aromatic heterocycles. The van der Waals surface area contributed by atoms with Gasteiger partial charge >= 0.3 is 0 Å². The molecule has 14 heavy (non-hydrogen) atoms. The Morgan fingerprint density at radius 2 is 2.21 bits per heavy atom. The molecule has 1 N–H and O–H groups in total. The van der Waals surface area contributed by atoms with Gasteiger partial charge in [-0.2, -0.15) is 0 Å². The lowest BCUT2D eigenvalue weighted by atomic mass is 10.1. The zero-order chi connectivity index (χ0) is 10.1. The Morgan fingerprint density at radius 3 is 2.79 bits per heavy atom. The fraction of sp³-hybridized carbons (Fsp3) is 0.100. The molecule has 0 amide bonds. The first-order valence-electron chi connectivity index (χ1n) is 4.08. The first-order chi connectivity index (χ1) is 6.66. The lowest BCUT2D eigenvalue weighted by molar-refractivity contribution is 0.432. The van der Waals surface area contributed by atoms with Crippen molar-refractivity contribution < 1.29 is 9.50 Å². The molecule has 0 saturated heterocycles. The topological polar surface area (TPSA) is 33.1 Å². The Balaban J connectivity index is 2.47. The molecule has 0 aliphatic carbocycles. The van der Waals surface area contributed by atoms with Crippen molar-refractivity contribution in [1.82, 2.24) is 4.98 Å². The number of phenols is 1. The lowest BCUT2D eigenvalue weighted by Gasteiger charge is -1.98. The van der Waals surface area contributed by atoms with E-state index in [0.29, 0.717) is 5.56 Å². The van der Waals surface area contributed by atoms with Crippen LogP contribution < -0.4 is 0 Å². The Bertz CT molecular complexity index is 467. The minimum absolute atomic E-state index is 0.333. The average molecular weight is 209 g/mol. The van der Waals surface area contributed by atoms with E-state index in [4.69, 9.17) is 5.11 Å². The summed E-state index contributed by atoms with van der Waals surface area (Å²) in [5.74, 6) is -0.950. The molecule has 1 aromatic carbocycles. The van der Waals surface area contributed by atoms with Crippen molar-refractivity contribution in [2.75, 3.05) is 0 Å². The van der Waals surface area contributed by atoms with Crippen LogP contribution >= 0.6 is 11.3 Å². The number of hydrogen-bond acceptors (Lipinski definition) is 3. The second-order valence-corrected chi connectivity index (χ2v) is 3.98. The largest absolute Gasteiger partial charge is 0.505 e. The molecule has 0 radical (unpaired) electrons. The van der Waals surface area contributed by atoms with E-state index in [1.807, 2.05) is 12.3 Å². The molecular formula is C10H8FNOS. The number of aromatic hydroxyl groups is 1. The SMILES string of the molecule is Cc1nc(-c2ccc(O)c(F)c2)cs1. The van der Waals surface area contributed by atoms with Gasteiger partial charge in [-0.25, -0.2) is 9.37 Å². The van der Waals surface area contributed by atoms with Crippen LogP contribution in [0.2, 0.25) is 0 Å². The van der Waals surface area contributed by atoms with Crippen molar-refractivity contribution in [3.8, 4) is 17.0 Å². The predicted molar refractivity (Wildman–Crippen MR) is 53.9 cm³/mol. The maximum Gasteiger partial charge on any atom is 0.165 e. The van der Waals surface area contributed by atoms with Crippen LogP contribution in [0.25, 0.3) is 11.3 Å². The highest BCUT2D eigenvalue weighted by Gasteiger charge is 2.05. The van der Waals surface area contributed by atoms with Gasteiger partial charge in [-0.15, -0.1) is 11.3 Å². The van der Waals surface area contributed by atoms with Crippen LogP contribution in [0, 0.1) is 12.7 Å². The summed E-state index contributed by atoms with van der Waals surface area (Å²) in [6, 6.07) is 4.26. The number of hydrogen-bond donors (Lipinski definition) is 1. The van der Waals surface area contributed by atoms with Crippen molar-refractivity contribution in [1.29, 1.82) is 0 Å². The third-order valence-corrected chi connectivity index (χ3v) is 2.64. The third-order valence-electron chi connectivity index (χ3n) is 1.86. The summed E-state index contributed by atoms with van der Waals surface area (Å²) in [5, 5.41) is 11.8. The van der Waals surface area contributed by atoms with E-state index in [9.17, 15) is 4.39 Å². The molecule has 2 rings (SSSR count). The van der Waals surface area contributed by atoms with Crippen LogP contribution in [0.3, 0.4) is 0 Å². The number of benzene rings is 1. The van der Waals surface area contributed by atoms with Gasteiger partial charge in [-0.05, 0) is 25.1 Å². The smallest absolute Gasteiger partial charge is 0.165 e. The summed E-state index contributed by atoms with van der Waals surface area (Å²) in [6.45, 7) is 1.89. The second kappa shape index (κ2) is 3.38. The first-order valence-corrected chi connectivity index (χ1v) is 4.96. The summed E-state index contributed by atoms with van der Waals surface area (Å²) in [7, 11) is 0. The predicted octanol–water partition coefficient (Wildman–Crippen LogP) is 2.96. The van der Waals surface area contributed by atoms with Crippen LogP contribution in [-0.4, -0.2) is 10.1 Å². The van der Waals surface area contributed by atoms with Gasteiger partial charge in [-0.3, -0.25) is 0 Å². The molecule has 2 aromatic rings. The van der Waals surface area contributed by atoms with Crippen molar-refractivity contribution in [2.45, 2.75) is 6.92 Å². The highest BCUT2D eigenvalue weighted by atomic mass is 32.1. The van der Waals surface area contributed by atoms with Gasteiger partial charge < -0.3 is 5.11 Å². The van der Waals surface area contributed by atoms with E-state index < -0.39 is 5.82 Å². The quantitative estimate of drug-likeness (QED) is 0.783. The standard InChI is InChI=1S/C10H8FNOS/c1-6-12-9(5-14-6)7-2-3-10(13)8(11)4-7/h2-5,13H,1H3. The highest BCUT2D eigenvalue weighted by molar-refractivity contribution is 7.09.